The highest BCUT2D eigenvalue weighted by molar-refractivity contribution is 5.66. The van der Waals surface area contributed by atoms with Crippen LogP contribution in [0.2, 0.25) is 0 Å². The minimum Gasteiger partial charge on any atom is -0.481 e. The summed E-state index contributed by atoms with van der Waals surface area (Å²) in [5.41, 5.74) is 0. The summed E-state index contributed by atoms with van der Waals surface area (Å²) in [6.45, 7) is 2.27. The average molecular weight is 357 g/mol. The summed E-state index contributed by atoms with van der Waals surface area (Å²) in [5.74, 6) is -0.656. The van der Waals surface area contributed by atoms with Crippen molar-refractivity contribution < 1.29 is 15.4 Å². The lowest BCUT2D eigenvalue weighted by Gasteiger charge is -2.01. The Balaban J connectivity index is 0. The molecule has 0 bridgehead atoms. The molecule has 0 saturated carbocycles. The van der Waals surface area contributed by atoms with Crippen molar-refractivity contribution >= 4 is 5.97 Å². The van der Waals surface area contributed by atoms with E-state index >= 15 is 0 Å². The minimum atomic E-state index is -0.656. The molecule has 3 heteroatoms. The summed E-state index contributed by atoms with van der Waals surface area (Å²) >= 11 is 0. The highest BCUT2D eigenvalue weighted by Gasteiger charge is 1.96. The Bertz CT molecular complexity index is 287. The third kappa shape index (κ3) is 25.5. The number of allylic oxidation sites excluding steroid dienone is 2. The molecule has 0 heterocycles. The van der Waals surface area contributed by atoms with Crippen molar-refractivity contribution in [3.8, 4) is 0 Å². The van der Waals surface area contributed by atoms with Crippen molar-refractivity contribution in [1.29, 1.82) is 0 Å². The maximum atomic E-state index is 10.4. The Morgan fingerprint density at radius 3 is 1.40 bits per heavy atom. The van der Waals surface area contributed by atoms with Crippen molar-refractivity contribution in [1.82, 2.24) is 0 Å². The van der Waals surface area contributed by atoms with Crippen molar-refractivity contribution in [3.63, 3.8) is 0 Å². The normalized spacial score (nSPS) is 10.9. The minimum absolute atomic E-state index is 0. The van der Waals surface area contributed by atoms with Crippen molar-refractivity contribution in [3.05, 3.63) is 12.2 Å². The lowest BCUT2D eigenvalue weighted by molar-refractivity contribution is -0.137. The van der Waals surface area contributed by atoms with Crippen LogP contribution in [0.1, 0.15) is 122 Å². The van der Waals surface area contributed by atoms with Gasteiger partial charge in [-0.25, -0.2) is 0 Å². The van der Waals surface area contributed by atoms with Gasteiger partial charge < -0.3 is 10.6 Å². The van der Waals surface area contributed by atoms with E-state index in [4.69, 9.17) is 5.11 Å². The molecule has 0 aliphatic heterocycles. The van der Waals surface area contributed by atoms with Gasteiger partial charge in [-0.1, -0.05) is 96.1 Å². The molecule has 0 amide bonds. The maximum Gasteiger partial charge on any atom is 0.303 e. The van der Waals surface area contributed by atoms with Crippen LogP contribution in [0.5, 0.6) is 0 Å². The van der Waals surface area contributed by atoms with Crippen LogP contribution in [0.4, 0.5) is 0 Å². The lowest BCUT2D eigenvalue weighted by atomic mass is 10.1. The molecular formula is C22H44O3. The van der Waals surface area contributed by atoms with Gasteiger partial charge in [0.25, 0.3) is 0 Å². The van der Waals surface area contributed by atoms with E-state index in [1.54, 1.807) is 0 Å². The smallest absolute Gasteiger partial charge is 0.303 e. The van der Waals surface area contributed by atoms with Crippen molar-refractivity contribution in [2.45, 2.75) is 122 Å². The van der Waals surface area contributed by atoms with Gasteiger partial charge >= 0.3 is 5.97 Å². The summed E-state index contributed by atoms with van der Waals surface area (Å²) in [5, 5.41) is 8.55. The Kier molecular flexibility index (Phi) is 24.5. The summed E-state index contributed by atoms with van der Waals surface area (Å²) in [7, 11) is 0. The fraction of sp³-hybridized carbons (Fsp3) is 0.864. The zero-order valence-electron chi connectivity index (χ0n) is 16.7. The van der Waals surface area contributed by atoms with Crippen LogP contribution >= 0.6 is 0 Å². The molecule has 0 aromatic carbocycles. The van der Waals surface area contributed by atoms with Gasteiger partial charge in [-0.05, 0) is 32.1 Å². The zero-order valence-corrected chi connectivity index (χ0v) is 16.7. The van der Waals surface area contributed by atoms with Gasteiger partial charge in [-0.2, -0.15) is 0 Å². The van der Waals surface area contributed by atoms with Gasteiger partial charge in [0.05, 0.1) is 0 Å². The largest absolute Gasteiger partial charge is 0.481 e. The predicted octanol–water partition coefficient (Wildman–Crippen LogP) is 6.84. The van der Waals surface area contributed by atoms with Crippen molar-refractivity contribution in [2.75, 3.05) is 0 Å². The fourth-order valence-corrected chi connectivity index (χ4v) is 3.05. The van der Waals surface area contributed by atoms with E-state index in [2.05, 4.69) is 19.1 Å². The van der Waals surface area contributed by atoms with Gasteiger partial charge in [0, 0.05) is 6.42 Å². The zero-order chi connectivity index (χ0) is 17.7. The standard InChI is InChI=1S/C22H42O2.H2O/c1-2-3-4-5-6-7-8-9-10-11-12-13-14-15-16-17-18-19-20-21-22(23)24;/h9-10H,2-8,11-21H2,1H3,(H,23,24);1H2. The number of carbonyl (C=O) groups is 1. The van der Waals surface area contributed by atoms with Gasteiger partial charge in [-0.15, -0.1) is 0 Å². The fourth-order valence-electron chi connectivity index (χ4n) is 3.05. The van der Waals surface area contributed by atoms with E-state index < -0.39 is 5.97 Å². The first-order chi connectivity index (χ1) is 11.8. The van der Waals surface area contributed by atoms with Gasteiger partial charge in [0.1, 0.15) is 0 Å². The van der Waals surface area contributed by atoms with E-state index in [9.17, 15) is 4.79 Å². The van der Waals surface area contributed by atoms with Gasteiger partial charge in [-0.3, -0.25) is 4.79 Å². The van der Waals surface area contributed by atoms with Crippen LogP contribution < -0.4 is 0 Å². The van der Waals surface area contributed by atoms with Crippen LogP contribution in [0.25, 0.3) is 0 Å². The molecule has 150 valence electrons. The monoisotopic (exact) mass is 356 g/mol. The molecule has 3 N–H and O–H groups in total. The summed E-state index contributed by atoms with van der Waals surface area (Å²) < 4.78 is 0. The topological polar surface area (TPSA) is 68.8 Å². The molecule has 0 fully saturated rings. The number of aliphatic carboxylic acids is 1. The molecule has 0 spiro atoms. The third-order valence-corrected chi connectivity index (χ3v) is 4.65. The average Bonchev–Trinajstić information content (AvgIpc) is 2.56. The summed E-state index contributed by atoms with van der Waals surface area (Å²) in [4.78, 5) is 10.4. The van der Waals surface area contributed by atoms with Crippen LogP contribution in [0, 0.1) is 0 Å². The van der Waals surface area contributed by atoms with Gasteiger partial charge in [0.15, 0.2) is 0 Å². The van der Waals surface area contributed by atoms with E-state index in [1.807, 2.05) is 0 Å². The molecule has 0 unspecified atom stereocenters. The Labute approximate surface area is 156 Å². The third-order valence-electron chi connectivity index (χ3n) is 4.65. The highest BCUT2D eigenvalue weighted by Crippen LogP contribution is 2.12. The van der Waals surface area contributed by atoms with Gasteiger partial charge in [0.2, 0.25) is 0 Å². The first-order valence-corrected chi connectivity index (χ1v) is 10.6. The molecular weight excluding hydrogens is 312 g/mol. The quantitative estimate of drug-likeness (QED) is 0.203. The Morgan fingerprint density at radius 1 is 0.640 bits per heavy atom. The molecule has 0 aromatic heterocycles. The van der Waals surface area contributed by atoms with Crippen LogP contribution in [-0.2, 0) is 4.79 Å². The predicted molar refractivity (Wildman–Crippen MR) is 109 cm³/mol. The van der Waals surface area contributed by atoms with E-state index in [0.29, 0.717) is 6.42 Å². The second-order valence-electron chi connectivity index (χ2n) is 7.14. The number of unbranched alkanes of at least 4 members (excludes halogenated alkanes) is 15. The molecule has 0 aromatic rings. The van der Waals surface area contributed by atoms with Crippen molar-refractivity contribution in [2.24, 2.45) is 0 Å². The summed E-state index contributed by atoms with van der Waals surface area (Å²) in [6.07, 6.45) is 27.1. The number of hydrogen-bond acceptors (Lipinski definition) is 1. The Morgan fingerprint density at radius 2 is 1.00 bits per heavy atom. The first kappa shape index (κ1) is 26.4. The second kappa shape index (κ2) is 23.2. The molecule has 0 atom stereocenters. The molecule has 0 radical (unpaired) electrons. The molecule has 0 aliphatic carbocycles. The lowest BCUT2D eigenvalue weighted by Crippen LogP contribution is -1.93. The number of carboxylic acids is 1. The van der Waals surface area contributed by atoms with E-state index in [0.717, 1.165) is 12.8 Å². The summed E-state index contributed by atoms with van der Waals surface area (Å²) in [6, 6.07) is 0. The molecule has 3 nitrogen and oxygen atoms in total. The molecule has 0 saturated heterocycles. The van der Waals surface area contributed by atoms with E-state index in [-0.39, 0.29) is 5.48 Å². The van der Waals surface area contributed by atoms with Crippen LogP contribution in [0.3, 0.4) is 0 Å². The highest BCUT2D eigenvalue weighted by atomic mass is 16.4. The van der Waals surface area contributed by atoms with Crippen LogP contribution in [0.15, 0.2) is 12.2 Å². The second-order valence-corrected chi connectivity index (χ2v) is 7.14. The number of carboxylic acid groups (broad SMARTS) is 1. The molecule has 0 aliphatic rings. The molecule has 0 rings (SSSR count). The number of hydrogen-bond donors (Lipinski definition) is 1. The SMILES string of the molecule is CCCCCCCCC=CCCCCCCCCCCCC(=O)O.O. The Hall–Kier alpha value is -0.830. The molecule has 25 heavy (non-hydrogen) atoms. The van der Waals surface area contributed by atoms with Crippen LogP contribution in [-0.4, -0.2) is 16.6 Å². The first-order valence-electron chi connectivity index (χ1n) is 10.6. The maximum absolute atomic E-state index is 10.4. The van der Waals surface area contributed by atoms with E-state index in [1.165, 1.54) is 96.3 Å². The number of rotatable bonds is 19.